The van der Waals surface area contributed by atoms with Gasteiger partial charge < -0.3 is 15.7 Å². The molecule has 0 bridgehead atoms. The van der Waals surface area contributed by atoms with E-state index in [0.29, 0.717) is 13.1 Å². The van der Waals surface area contributed by atoms with Gasteiger partial charge in [0.05, 0.1) is 12.2 Å². The van der Waals surface area contributed by atoms with Crippen molar-refractivity contribution in [1.82, 2.24) is 15.6 Å². The fourth-order valence-corrected chi connectivity index (χ4v) is 1.33. The summed E-state index contributed by atoms with van der Waals surface area (Å²) in [7, 11) is 0. The van der Waals surface area contributed by atoms with Gasteiger partial charge in [0, 0.05) is 25.9 Å². The molecule has 1 rings (SSSR count). The van der Waals surface area contributed by atoms with Gasteiger partial charge >= 0.3 is 0 Å². The largest absolute Gasteiger partial charge is 0.396 e. The lowest BCUT2D eigenvalue weighted by atomic mass is 10.2. The Morgan fingerprint density at radius 2 is 2.28 bits per heavy atom. The average Bonchev–Trinajstić information content (AvgIpc) is 2.42. The molecule has 1 heterocycles. The second-order valence-corrected chi connectivity index (χ2v) is 4.18. The minimum Gasteiger partial charge on any atom is -0.396 e. The lowest BCUT2D eigenvalue weighted by Crippen LogP contribution is -2.39. The molecule has 1 aromatic heterocycles. The quantitative estimate of drug-likeness (QED) is 0.515. The van der Waals surface area contributed by atoms with Crippen molar-refractivity contribution in [2.75, 3.05) is 19.7 Å². The summed E-state index contributed by atoms with van der Waals surface area (Å²) in [6.45, 7) is 6.23. The number of nitrogens with zero attached hydrogens (tertiary/aromatic N) is 2. The van der Waals surface area contributed by atoms with E-state index in [2.05, 4.69) is 20.6 Å². The number of hydrogen-bond acceptors (Lipinski definition) is 3. The van der Waals surface area contributed by atoms with Gasteiger partial charge in [-0.2, -0.15) is 0 Å². The van der Waals surface area contributed by atoms with Crippen molar-refractivity contribution in [1.29, 1.82) is 0 Å². The highest BCUT2D eigenvalue weighted by Gasteiger charge is 2.02. The minimum absolute atomic E-state index is 0.173. The molecule has 3 N–H and O–H groups in total. The molecule has 1 atom stereocenters. The molecule has 1 unspecified atom stereocenters. The van der Waals surface area contributed by atoms with Crippen molar-refractivity contribution >= 4 is 5.96 Å². The third-order valence-corrected chi connectivity index (χ3v) is 2.40. The summed E-state index contributed by atoms with van der Waals surface area (Å²) in [6.07, 6.45) is 1.76. The Labute approximate surface area is 108 Å². The van der Waals surface area contributed by atoms with Crippen LogP contribution < -0.4 is 10.6 Å². The van der Waals surface area contributed by atoms with Crippen LogP contribution in [0.15, 0.2) is 29.4 Å². The molecule has 0 aliphatic rings. The van der Waals surface area contributed by atoms with Crippen LogP contribution in [0.4, 0.5) is 0 Å². The maximum atomic E-state index is 8.98. The van der Waals surface area contributed by atoms with Crippen LogP contribution in [0.1, 0.15) is 19.5 Å². The predicted molar refractivity (Wildman–Crippen MR) is 73.3 cm³/mol. The molecule has 0 radical (unpaired) electrons. The smallest absolute Gasteiger partial charge is 0.191 e. The molecule has 18 heavy (non-hydrogen) atoms. The van der Waals surface area contributed by atoms with Gasteiger partial charge in [0.25, 0.3) is 0 Å². The van der Waals surface area contributed by atoms with Crippen LogP contribution in [-0.4, -0.2) is 35.7 Å². The lowest BCUT2D eigenvalue weighted by molar-refractivity contribution is 0.238. The van der Waals surface area contributed by atoms with Gasteiger partial charge in [0.15, 0.2) is 5.96 Å². The molecule has 0 aliphatic heterocycles. The number of pyridine rings is 1. The molecule has 5 heteroatoms. The zero-order valence-corrected chi connectivity index (χ0v) is 11.1. The van der Waals surface area contributed by atoms with E-state index in [1.54, 1.807) is 6.20 Å². The molecule has 0 fully saturated rings. The second kappa shape index (κ2) is 8.47. The van der Waals surface area contributed by atoms with E-state index in [1.165, 1.54) is 0 Å². The monoisotopic (exact) mass is 250 g/mol. The Kier molecular flexibility index (Phi) is 6.79. The van der Waals surface area contributed by atoms with E-state index in [0.717, 1.165) is 18.2 Å². The molecule has 0 saturated carbocycles. The summed E-state index contributed by atoms with van der Waals surface area (Å²) >= 11 is 0. The predicted octanol–water partition coefficient (Wildman–Crippen LogP) is 0.765. The third kappa shape index (κ3) is 5.63. The normalized spacial score (nSPS) is 13.2. The van der Waals surface area contributed by atoms with Crippen LogP contribution in [-0.2, 0) is 6.54 Å². The Hall–Kier alpha value is -1.62. The van der Waals surface area contributed by atoms with Gasteiger partial charge in [-0.25, -0.2) is 4.99 Å². The average molecular weight is 250 g/mol. The molecular formula is C13H22N4O. The van der Waals surface area contributed by atoms with Crippen molar-refractivity contribution in [3.05, 3.63) is 30.1 Å². The van der Waals surface area contributed by atoms with Crippen molar-refractivity contribution in [2.24, 2.45) is 10.9 Å². The van der Waals surface area contributed by atoms with Gasteiger partial charge in [-0.1, -0.05) is 13.0 Å². The lowest BCUT2D eigenvalue weighted by Gasteiger charge is -2.13. The molecule has 100 valence electrons. The number of nitrogens with one attached hydrogen (secondary N) is 2. The first-order valence-corrected chi connectivity index (χ1v) is 6.29. The van der Waals surface area contributed by atoms with Crippen molar-refractivity contribution in [3.8, 4) is 0 Å². The number of aliphatic hydroxyl groups is 1. The van der Waals surface area contributed by atoms with E-state index >= 15 is 0 Å². The van der Waals surface area contributed by atoms with Crippen LogP contribution >= 0.6 is 0 Å². The summed E-state index contributed by atoms with van der Waals surface area (Å²) in [5.74, 6) is 0.965. The van der Waals surface area contributed by atoms with E-state index in [1.807, 2.05) is 32.0 Å². The van der Waals surface area contributed by atoms with Gasteiger partial charge in [0.1, 0.15) is 0 Å². The van der Waals surface area contributed by atoms with Gasteiger partial charge in [-0.05, 0) is 25.0 Å². The fourth-order valence-electron chi connectivity index (χ4n) is 1.33. The van der Waals surface area contributed by atoms with Crippen molar-refractivity contribution < 1.29 is 5.11 Å². The number of aromatic nitrogens is 1. The zero-order chi connectivity index (χ0) is 13.2. The van der Waals surface area contributed by atoms with Gasteiger partial charge in [-0.3, -0.25) is 4.98 Å². The van der Waals surface area contributed by atoms with E-state index in [-0.39, 0.29) is 12.5 Å². The SMILES string of the molecule is CCNC(=NCc1ccccn1)NCC(C)CO. The van der Waals surface area contributed by atoms with E-state index < -0.39 is 0 Å². The Morgan fingerprint density at radius 3 is 2.89 bits per heavy atom. The maximum absolute atomic E-state index is 8.98. The molecule has 0 aromatic carbocycles. The van der Waals surface area contributed by atoms with Gasteiger partial charge in [0.2, 0.25) is 0 Å². The van der Waals surface area contributed by atoms with Crippen molar-refractivity contribution in [2.45, 2.75) is 20.4 Å². The summed E-state index contributed by atoms with van der Waals surface area (Å²) in [5, 5.41) is 15.3. The molecule has 1 aromatic rings. The molecule has 0 amide bonds. The number of aliphatic hydroxyl groups excluding tert-OH is 1. The van der Waals surface area contributed by atoms with Crippen LogP contribution in [0.25, 0.3) is 0 Å². The third-order valence-electron chi connectivity index (χ3n) is 2.40. The van der Waals surface area contributed by atoms with Gasteiger partial charge in [-0.15, -0.1) is 0 Å². The first kappa shape index (κ1) is 14.4. The Balaban J connectivity index is 2.50. The summed E-state index contributed by atoms with van der Waals surface area (Å²) in [6, 6.07) is 5.79. The molecule has 0 saturated heterocycles. The standard InChI is InChI=1S/C13H22N4O/c1-3-14-13(16-8-11(2)10-18)17-9-12-6-4-5-7-15-12/h4-7,11,18H,3,8-10H2,1-2H3,(H2,14,16,17). The fraction of sp³-hybridized carbons (Fsp3) is 0.538. The van der Waals surface area contributed by atoms with E-state index in [9.17, 15) is 0 Å². The Morgan fingerprint density at radius 1 is 1.44 bits per heavy atom. The highest BCUT2D eigenvalue weighted by Crippen LogP contribution is 1.95. The highest BCUT2D eigenvalue weighted by molar-refractivity contribution is 5.79. The van der Waals surface area contributed by atoms with E-state index in [4.69, 9.17) is 5.11 Å². The number of hydrogen-bond donors (Lipinski definition) is 3. The molecule has 0 aliphatic carbocycles. The summed E-state index contributed by atoms with van der Waals surface area (Å²) in [5.41, 5.74) is 0.935. The summed E-state index contributed by atoms with van der Waals surface area (Å²) in [4.78, 5) is 8.66. The first-order valence-electron chi connectivity index (χ1n) is 6.29. The number of aliphatic imine (C=N–C) groups is 1. The van der Waals surface area contributed by atoms with Crippen LogP contribution in [0.5, 0.6) is 0 Å². The second-order valence-electron chi connectivity index (χ2n) is 4.18. The van der Waals surface area contributed by atoms with Crippen molar-refractivity contribution in [3.63, 3.8) is 0 Å². The zero-order valence-electron chi connectivity index (χ0n) is 11.1. The minimum atomic E-state index is 0.173. The number of guanidine groups is 1. The van der Waals surface area contributed by atoms with Crippen LogP contribution in [0.3, 0.4) is 0 Å². The molecule has 5 nitrogen and oxygen atoms in total. The summed E-state index contributed by atoms with van der Waals surface area (Å²) < 4.78 is 0. The van der Waals surface area contributed by atoms with Crippen LogP contribution in [0, 0.1) is 5.92 Å². The first-order chi connectivity index (χ1) is 8.76. The molecular weight excluding hydrogens is 228 g/mol. The molecule has 0 spiro atoms. The maximum Gasteiger partial charge on any atom is 0.191 e. The topological polar surface area (TPSA) is 69.5 Å². The Bertz CT molecular complexity index is 353. The highest BCUT2D eigenvalue weighted by atomic mass is 16.3. The van der Waals surface area contributed by atoms with Crippen LogP contribution in [0.2, 0.25) is 0 Å². The number of rotatable bonds is 6.